The Morgan fingerprint density at radius 2 is 1.62 bits per heavy atom. The molecule has 0 aliphatic rings. The number of nitrogens with zero attached hydrogens (tertiary/aromatic N) is 2. The molecule has 7 heteroatoms. The van der Waals surface area contributed by atoms with Gasteiger partial charge in [-0.05, 0) is 17.7 Å². The van der Waals surface area contributed by atoms with Gasteiger partial charge < -0.3 is 0 Å². The molecule has 0 bridgehead atoms. The van der Waals surface area contributed by atoms with Crippen molar-refractivity contribution in [2.24, 2.45) is 7.05 Å². The number of hydrazine groups is 1. The summed E-state index contributed by atoms with van der Waals surface area (Å²) in [4.78, 5) is 36.3. The molecule has 2 aromatic carbocycles. The van der Waals surface area contributed by atoms with Crippen LogP contribution >= 0.6 is 0 Å². The molecule has 1 heterocycles. The summed E-state index contributed by atoms with van der Waals surface area (Å²) in [7, 11) is 1.47. The van der Waals surface area contributed by atoms with Crippen molar-refractivity contribution in [2.45, 2.75) is 0 Å². The van der Waals surface area contributed by atoms with Crippen LogP contribution < -0.4 is 16.4 Å². The Bertz CT molecular complexity index is 1060. The van der Waals surface area contributed by atoms with Gasteiger partial charge in [-0.15, -0.1) is 0 Å². The first kappa shape index (κ1) is 17.1. The molecule has 0 aliphatic heterocycles. The maximum Gasteiger partial charge on any atom is 0.290 e. The molecule has 1 aromatic heterocycles. The Balaban J connectivity index is 1.74. The highest BCUT2D eigenvalue weighted by atomic mass is 16.2. The van der Waals surface area contributed by atoms with E-state index in [2.05, 4.69) is 16.0 Å². The van der Waals surface area contributed by atoms with Crippen LogP contribution in [0.2, 0.25) is 0 Å². The van der Waals surface area contributed by atoms with Crippen molar-refractivity contribution in [3.8, 4) is 0 Å². The molecule has 0 atom stereocenters. The zero-order chi connectivity index (χ0) is 18.5. The Kier molecular flexibility index (Phi) is 4.89. The summed E-state index contributed by atoms with van der Waals surface area (Å²) in [5.74, 6) is -1.10. The van der Waals surface area contributed by atoms with E-state index in [1.807, 2.05) is 30.3 Å². The van der Waals surface area contributed by atoms with Gasteiger partial charge in [0.15, 0.2) is 5.69 Å². The standard InChI is InChI=1S/C19H16N4O3/c1-23-19(26)15-10-6-5-9-14(15)17(22-23)18(25)21-20-16(24)12-11-13-7-3-2-4-8-13/h2-12H,1H3,(H,20,24)(H,21,25). The number of hydrogen-bond donors (Lipinski definition) is 2. The van der Waals surface area contributed by atoms with Gasteiger partial charge in [0.2, 0.25) is 0 Å². The SMILES string of the molecule is Cn1nc(C(=O)NNC(=O)C=Cc2ccccc2)c2ccccc2c1=O. The number of carbonyl (C=O) groups excluding carboxylic acids is 2. The molecule has 2 N–H and O–H groups in total. The molecule has 0 spiro atoms. The van der Waals surface area contributed by atoms with Gasteiger partial charge >= 0.3 is 0 Å². The van der Waals surface area contributed by atoms with Crippen LogP contribution in [0.3, 0.4) is 0 Å². The summed E-state index contributed by atoms with van der Waals surface area (Å²) in [5, 5.41) is 4.79. The molecule has 0 fully saturated rings. The highest BCUT2D eigenvalue weighted by Crippen LogP contribution is 2.12. The smallest absolute Gasteiger partial charge is 0.268 e. The molecule has 2 amide bonds. The van der Waals surface area contributed by atoms with Crippen molar-refractivity contribution in [1.82, 2.24) is 20.6 Å². The Hall–Kier alpha value is -3.74. The minimum absolute atomic E-state index is 0.0510. The Labute approximate surface area is 148 Å². The van der Waals surface area contributed by atoms with E-state index in [1.165, 1.54) is 13.1 Å². The average molecular weight is 348 g/mol. The van der Waals surface area contributed by atoms with Gasteiger partial charge in [0.25, 0.3) is 17.4 Å². The number of rotatable bonds is 3. The van der Waals surface area contributed by atoms with Crippen LogP contribution in [0, 0.1) is 0 Å². The fourth-order valence-electron chi connectivity index (χ4n) is 2.42. The predicted molar refractivity (Wildman–Crippen MR) is 98.1 cm³/mol. The van der Waals surface area contributed by atoms with Crippen LogP contribution in [0.15, 0.2) is 65.5 Å². The maximum atomic E-state index is 12.4. The van der Waals surface area contributed by atoms with Crippen molar-refractivity contribution >= 4 is 28.7 Å². The first-order chi connectivity index (χ1) is 12.6. The van der Waals surface area contributed by atoms with Crippen LogP contribution in [0.25, 0.3) is 16.8 Å². The van der Waals surface area contributed by atoms with Gasteiger partial charge in [-0.25, -0.2) is 4.68 Å². The summed E-state index contributed by atoms with van der Waals surface area (Å²) in [6.07, 6.45) is 2.93. The van der Waals surface area contributed by atoms with Crippen LogP contribution in [-0.4, -0.2) is 21.6 Å². The Morgan fingerprint density at radius 1 is 0.962 bits per heavy atom. The van der Waals surface area contributed by atoms with Gasteiger partial charge in [0.1, 0.15) is 0 Å². The first-order valence-corrected chi connectivity index (χ1v) is 7.86. The normalized spacial score (nSPS) is 10.8. The second-order valence-electron chi connectivity index (χ2n) is 5.51. The van der Waals surface area contributed by atoms with E-state index in [4.69, 9.17) is 0 Å². The number of amides is 2. The number of aryl methyl sites for hydroxylation is 1. The summed E-state index contributed by atoms with van der Waals surface area (Å²) >= 11 is 0. The number of fused-ring (bicyclic) bond motifs is 1. The topological polar surface area (TPSA) is 93.1 Å². The van der Waals surface area contributed by atoms with Crippen molar-refractivity contribution < 1.29 is 9.59 Å². The van der Waals surface area contributed by atoms with E-state index in [1.54, 1.807) is 30.3 Å². The molecule has 3 rings (SSSR count). The molecule has 7 nitrogen and oxygen atoms in total. The van der Waals surface area contributed by atoms with Crippen molar-refractivity contribution in [2.75, 3.05) is 0 Å². The zero-order valence-corrected chi connectivity index (χ0v) is 14.0. The highest BCUT2D eigenvalue weighted by molar-refractivity contribution is 6.05. The van der Waals surface area contributed by atoms with Gasteiger partial charge in [-0.2, -0.15) is 5.10 Å². The minimum Gasteiger partial charge on any atom is -0.268 e. The van der Waals surface area contributed by atoms with E-state index in [0.717, 1.165) is 10.2 Å². The Morgan fingerprint density at radius 3 is 2.35 bits per heavy atom. The summed E-state index contributed by atoms with van der Waals surface area (Å²) in [6, 6.07) is 16.0. The van der Waals surface area contributed by atoms with E-state index < -0.39 is 11.8 Å². The molecule has 0 radical (unpaired) electrons. The zero-order valence-electron chi connectivity index (χ0n) is 14.0. The predicted octanol–water partition coefficient (Wildman–Crippen LogP) is 1.41. The van der Waals surface area contributed by atoms with Crippen molar-refractivity contribution in [3.63, 3.8) is 0 Å². The third-order valence-corrected chi connectivity index (χ3v) is 3.70. The fourth-order valence-corrected chi connectivity index (χ4v) is 2.42. The molecule has 0 saturated heterocycles. The molecule has 0 unspecified atom stereocenters. The molecule has 130 valence electrons. The number of hydrogen-bond acceptors (Lipinski definition) is 4. The van der Waals surface area contributed by atoms with Gasteiger partial charge in [-0.1, -0.05) is 48.5 Å². The minimum atomic E-state index is -0.613. The average Bonchev–Trinajstić information content (AvgIpc) is 2.68. The number of aromatic nitrogens is 2. The van der Waals surface area contributed by atoms with Crippen molar-refractivity contribution in [1.29, 1.82) is 0 Å². The quantitative estimate of drug-likeness (QED) is 0.553. The van der Waals surface area contributed by atoms with E-state index in [0.29, 0.717) is 10.8 Å². The third kappa shape index (κ3) is 3.67. The maximum absolute atomic E-state index is 12.4. The second-order valence-corrected chi connectivity index (χ2v) is 5.51. The summed E-state index contributed by atoms with van der Waals surface area (Å²) < 4.78 is 1.09. The molecule has 3 aromatic rings. The van der Waals surface area contributed by atoms with Crippen LogP contribution in [-0.2, 0) is 11.8 Å². The largest absolute Gasteiger partial charge is 0.290 e. The number of carbonyl (C=O) groups is 2. The van der Waals surface area contributed by atoms with Crippen LogP contribution in [0.1, 0.15) is 16.1 Å². The van der Waals surface area contributed by atoms with Crippen LogP contribution in [0.5, 0.6) is 0 Å². The van der Waals surface area contributed by atoms with E-state index in [-0.39, 0.29) is 11.3 Å². The lowest BCUT2D eigenvalue weighted by atomic mass is 10.1. The lowest BCUT2D eigenvalue weighted by molar-refractivity contribution is -0.117. The molecule has 0 saturated carbocycles. The number of nitrogens with one attached hydrogen (secondary N) is 2. The van der Waals surface area contributed by atoms with Gasteiger partial charge in [0.05, 0.1) is 5.39 Å². The van der Waals surface area contributed by atoms with Crippen LogP contribution in [0.4, 0.5) is 0 Å². The van der Waals surface area contributed by atoms with E-state index >= 15 is 0 Å². The monoisotopic (exact) mass is 348 g/mol. The van der Waals surface area contributed by atoms with E-state index in [9.17, 15) is 14.4 Å². The van der Waals surface area contributed by atoms with Gasteiger partial charge in [0, 0.05) is 18.5 Å². The molecule has 26 heavy (non-hydrogen) atoms. The fraction of sp³-hybridized carbons (Fsp3) is 0.0526. The number of benzene rings is 2. The molecular formula is C19H16N4O3. The molecular weight excluding hydrogens is 332 g/mol. The lowest BCUT2D eigenvalue weighted by Gasteiger charge is -2.08. The summed E-state index contributed by atoms with van der Waals surface area (Å²) in [6.45, 7) is 0. The third-order valence-electron chi connectivity index (χ3n) is 3.70. The van der Waals surface area contributed by atoms with Crippen molar-refractivity contribution in [3.05, 3.63) is 82.3 Å². The molecule has 0 aliphatic carbocycles. The lowest BCUT2D eigenvalue weighted by Crippen LogP contribution is -2.42. The second kappa shape index (κ2) is 7.43. The summed E-state index contributed by atoms with van der Waals surface area (Å²) in [5.41, 5.74) is 5.22. The highest BCUT2D eigenvalue weighted by Gasteiger charge is 2.15. The van der Waals surface area contributed by atoms with Gasteiger partial charge in [-0.3, -0.25) is 25.2 Å². The first-order valence-electron chi connectivity index (χ1n) is 7.86.